The van der Waals surface area contributed by atoms with E-state index in [1.807, 2.05) is 54.7 Å². The molecule has 9 heteroatoms. The van der Waals surface area contributed by atoms with Gasteiger partial charge in [-0.3, -0.25) is 14.9 Å². The Balaban J connectivity index is 1.46. The molecule has 5 nitrogen and oxygen atoms in total. The largest absolute Gasteiger partial charge is 0.346 e. The van der Waals surface area contributed by atoms with Crippen molar-refractivity contribution < 1.29 is 14.0 Å². The summed E-state index contributed by atoms with van der Waals surface area (Å²) in [6.07, 6.45) is 3.46. The molecular weight excluding hydrogens is 517 g/mol. The molecule has 0 spiro atoms. The Labute approximate surface area is 221 Å². The number of carbonyl (C=O) groups excluding carboxylic acids is 2. The molecular formula is C27H19ClFN3O2S2. The van der Waals surface area contributed by atoms with Gasteiger partial charge in [-0.25, -0.2) is 9.29 Å². The first-order valence-electron chi connectivity index (χ1n) is 11.0. The van der Waals surface area contributed by atoms with Crippen LogP contribution in [0.3, 0.4) is 0 Å². The number of nitrogens with zero attached hydrogens (tertiary/aromatic N) is 2. The summed E-state index contributed by atoms with van der Waals surface area (Å²) in [7, 11) is 0. The molecule has 2 amide bonds. The lowest BCUT2D eigenvalue weighted by Crippen LogP contribution is -2.54. The lowest BCUT2D eigenvalue weighted by Gasteiger charge is -2.29. The molecule has 36 heavy (non-hydrogen) atoms. The normalized spacial score (nSPS) is 15.1. The van der Waals surface area contributed by atoms with Crippen LogP contribution in [0.25, 0.3) is 17.0 Å². The highest BCUT2D eigenvalue weighted by Gasteiger charge is 2.35. The summed E-state index contributed by atoms with van der Waals surface area (Å²) < 4.78 is 16.5. The number of halogens is 2. The topological polar surface area (TPSA) is 54.3 Å². The second-order valence-corrected chi connectivity index (χ2v) is 10.00. The van der Waals surface area contributed by atoms with Gasteiger partial charge in [0, 0.05) is 44.9 Å². The molecule has 0 aliphatic carbocycles. The van der Waals surface area contributed by atoms with Crippen LogP contribution in [0.5, 0.6) is 0 Å². The van der Waals surface area contributed by atoms with Gasteiger partial charge in [-0.1, -0.05) is 41.9 Å². The number of hydrogen-bond acceptors (Lipinski definition) is 4. The highest BCUT2D eigenvalue weighted by Crippen LogP contribution is 2.28. The monoisotopic (exact) mass is 535 g/mol. The van der Waals surface area contributed by atoms with Crippen molar-refractivity contribution in [2.45, 2.75) is 11.4 Å². The van der Waals surface area contributed by atoms with Crippen LogP contribution in [0.2, 0.25) is 5.02 Å². The summed E-state index contributed by atoms with van der Waals surface area (Å²) in [5, 5.41) is 3.95. The minimum Gasteiger partial charge on any atom is -0.346 e. The molecule has 1 saturated heterocycles. The lowest BCUT2D eigenvalue weighted by molar-refractivity contribution is -0.122. The third-order valence-electron chi connectivity index (χ3n) is 5.73. The second kappa shape index (κ2) is 10.3. The number of aromatic nitrogens is 1. The molecule has 0 saturated carbocycles. The Kier molecular flexibility index (Phi) is 6.91. The SMILES string of the molecule is O=C1NC(=S)N(c2ccccc2F)C(=O)/C1=C/c1cn(CCSc2ccc(Cl)cc2)c2ccccc12. The van der Waals surface area contributed by atoms with Gasteiger partial charge in [0.2, 0.25) is 0 Å². The van der Waals surface area contributed by atoms with E-state index in [0.29, 0.717) is 17.1 Å². The first-order valence-corrected chi connectivity index (χ1v) is 12.8. The van der Waals surface area contributed by atoms with Crippen molar-refractivity contribution in [1.29, 1.82) is 0 Å². The molecule has 1 aliphatic heterocycles. The molecule has 1 N–H and O–H groups in total. The number of nitrogens with one attached hydrogen (secondary N) is 1. The zero-order chi connectivity index (χ0) is 25.2. The van der Waals surface area contributed by atoms with Crippen LogP contribution in [0.4, 0.5) is 10.1 Å². The molecule has 4 aromatic rings. The number of thioether (sulfide) groups is 1. The molecule has 1 aromatic heterocycles. The molecule has 0 unspecified atom stereocenters. The number of thiocarbonyl (C=S) groups is 1. The Morgan fingerprint density at radius 2 is 1.72 bits per heavy atom. The molecule has 180 valence electrons. The highest BCUT2D eigenvalue weighted by atomic mass is 35.5. The van der Waals surface area contributed by atoms with E-state index < -0.39 is 17.6 Å². The molecule has 5 rings (SSSR count). The maximum atomic E-state index is 14.4. The fraction of sp³-hybridized carbons (Fsp3) is 0.0741. The number of carbonyl (C=O) groups is 2. The van der Waals surface area contributed by atoms with Crippen molar-refractivity contribution in [2.24, 2.45) is 0 Å². The minimum absolute atomic E-state index is 0.0138. The van der Waals surface area contributed by atoms with Gasteiger partial charge in [-0.15, -0.1) is 11.8 Å². The Bertz CT molecular complexity index is 1530. The van der Waals surface area contributed by atoms with E-state index in [9.17, 15) is 14.0 Å². The zero-order valence-corrected chi connectivity index (χ0v) is 21.2. The molecule has 1 fully saturated rings. The minimum atomic E-state index is -0.677. The average Bonchev–Trinajstić information content (AvgIpc) is 3.21. The highest BCUT2D eigenvalue weighted by molar-refractivity contribution is 7.99. The molecule has 1 aliphatic rings. The maximum Gasteiger partial charge on any atom is 0.270 e. The first kappa shape index (κ1) is 24.2. The quantitative estimate of drug-likeness (QED) is 0.141. The number of fused-ring (bicyclic) bond motifs is 1. The number of anilines is 1. The predicted octanol–water partition coefficient (Wildman–Crippen LogP) is 6.06. The van der Waals surface area contributed by atoms with Crippen molar-refractivity contribution in [2.75, 3.05) is 10.7 Å². The number of amides is 2. The van der Waals surface area contributed by atoms with Crippen LogP contribution in [-0.4, -0.2) is 27.2 Å². The van der Waals surface area contributed by atoms with Crippen molar-refractivity contribution in [1.82, 2.24) is 9.88 Å². The fourth-order valence-corrected chi connectivity index (χ4v) is 5.28. The average molecular weight is 536 g/mol. The van der Waals surface area contributed by atoms with E-state index in [-0.39, 0.29) is 16.4 Å². The summed E-state index contributed by atoms with van der Waals surface area (Å²) in [6, 6.07) is 21.3. The van der Waals surface area contributed by atoms with Gasteiger partial charge >= 0.3 is 0 Å². The molecule has 0 atom stereocenters. The van der Waals surface area contributed by atoms with Crippen LogP contribution < -0.4 is 10.2 Å². The number of hydrogen-bond donors (Lipinski definition) is 1. The summed E-state index contributed by atoms with van der Waals surface area (Å²) in [5.74, 6) is -1.10. The number of benzene rings is 3. The smallest absolute Gasteiger partial charge is 0.270 e. The maximum absolute atomic E-state index is 14.4. The van der Waals surface area contributed by atoms with Crippen molar-refractivity contribution >= 4 is 75.2 Å². The zero-order valence-electron chi connectivity index (χ0n) is 18.8. The van der Waals surface area contributed by atoms with Gasteiger partial charge in [0.25, 0.3) is 11.8 Å². The van der Waals surface area contributed by atoms with Crippen molar-refractivity contribution in [3.63, 3.8) is 0 Å². The fourth-order valence-electron chi connectivity index (χ4n) is 4.03. The van der Waals surface area contributed by atoms with E-state index >= 15 is 0 Å². The third kappa shape index (κ3) is 4.80. The first-order chi connectivity index (χ1) is 17.4. The van der Waals surface area contributed by atoms with Crippen molar-refractivity contribution in [3.8, 4) is 0 Å². The number of aryl methyl sites for hydroxylation is 1. The molecule has 2 heterocycles. The predicted molar refractivity (Wildman–Crippen MR) is 147 cm³/mol. The van der Waals surface area contributed by atoms with Gasteiger partial charge in [0.05, 0.1) is 5.69 Å². The standard InChI is InChI=1S/C27H19ClFN3O2S2/c28-18-9-11-19(12-10-18)36-14-13-31-16-17(20-5-1-3-7-23(20)31)15-21-25(33)30-27(35)32(26(21)34)24-8-4-2-6-22(24)29/h1-12,15-16H,13-14H2,(H,30,33,35)/b21-15+. The van der Waals surface area contributed by atoms with E-state index in [0.717, 1.165) is 26.5 Å². The van der Waals surface area contributed by atoms with E-state index in [1.165, 1.54) is 18.2 Å². The van der Waals surface area contributed by atoms with E-state index in [1.54, 1.807) is 23.9 Å². The Morgan fingerprint density at radius 1 is 1.00 bits per heavy atom. The lowest BCUT2D eigenvalue weighted by atomic mass is 10.1. The molecule has 0 bridgehead atoms. The Hall–Kier alpha value is -3.46. The van der Waals surface area contributed by atoms with Gasteiger partial charge < -0.3 is 4.57 Å². The third-order valence-corrected chi connectivity index (χ3v) is 7.26. The van der Waals surface area contributed by atoms with E-state index in [2.05, 4.69) is 9.88 Å². The summed E-state index contributed by atoms with van der Waals surface area (Å²) in [6.45, 7) is 0.711. The van der Waals surface area contributed by atoms with Crippen LogP contribution in [0.15, 0.2) is 89.5 Å². The van der Waals surface area contributed by atoms with Gasteiger partial charge in [0.1, 0.15) is 11.4 Å². The Morgan fingerprint density at radius 3 is 2.50 bits per heavy atom. The van der Waals surface area contributed by atoms with Gasteiger partial charge in [-0.05, 0) is 60.8 Å². The van der Waals surface area contributed by atoms with Gasteiger partial charge in [-0.2, -0.15) is 0 Å². The van der Waals surface area contributed by atoms with Crippen LogP contribution in [0.1, 0.15) is 5.56 Å². The van der Waals surface area contributed by atoms with E-state index in [4.69, 9.17) is 23.8 Å². The van der Waals surface area contributed by atoms with Crippen LogP contribution in [0, 0.1) is 5.82 Å². The summed E-state index contributed by atoms with van der Waals surface area (Å²) >= 11 is 12.9. The molecule has 0 radical (unpaired) electrons. The molecule has 3 aromatic carbocycles. The second-order valence-electron chi connectivity index (χ2n) is 8.01. The summed E-state index contributed by atoms with van der Waals surface area (Å²) in [5.41, 5.74) is 1.55. The number of para-hydroxylation sites is 2. The van der Waals surface area contributed by atoms with Crippen molar-refractivity contribution in [3.05, 3.63) is 101 Å². The van der Waals surface area contributed by atoms with Crippen LogP contribution in [-0.2, 0) is 16.1 Å². The van der Waals surface area contributed by atoms with Gasteiger partial charge in [0.15, 0.2) is 5.11 Å². The summed E-state index contributed by atoms with van der Waals surface area (Å²) in [4.78, 5) is 28.2. The van der Waals surface area contributed by atoms with Crippen LogP contribution >= 0.6 is 35.6 Å². The number of rotatable bonds is 6.